The van der Waals surface area contributed by atoms with Crippen LogP contribution in [-0.4, -0.2) is 22.2 Å². The molecule has 1 fully saturated rings. The number of carboxylic acids is 2. The highest BCUT2D eigenvalue weighted by Crippen LogP contribution is 2.50. The number of unbranched alkanes of at least 4 members (excludes halogenated alkanes) is 3. The van der Waals surface area contributed by atoms with Crippen molar-refractivity contribution in [2.45, 2.75) is 105 Å². The molecule has 4 nitrogen and oxygen atoms in total. The zero-order valence-electron chi connectivity index (χ0n) is 19.6. The van der Waals surface area contributed by atoms with Gasteiger partial charge in [-0.3, -0.25) is 9.59 Å². The Morgan fingerprint density at radius 1 is 0.933 bits per heavy atom. The van der Waals surface area contributed by atoms with Crippen molar-refractivity contribution in [3.63, 3.8) is 0 Å². The van der Waals surface area contributed by atoms with Crippen molar-refractivity contribution in [2.75, 3.05) is 0 Å². The van der Waals surface area contributed by atoms with Gasteiger partial charge in [-0.05, 0) is 114 Å². The van der Waals surface area contributed by atoms with Gasteiger partial charge in [-0.15, -0.1) is 0 Å². The average Bonchev–Trinajstić information content (AvgIpc) is 3.46. The quantitative estimate of drug-likeness (QED) is 0.365. The van der Waals surface area contributed by atoms with E-state index in [4.69, 9.17) is 0 Å². The highest BCUT2D eigenvalue weighted by molar-refractivity contribution is 5.77. The van der Waals surface area contributed by atoms with Crippen molar-refractivity contribution >= 4 is 11.9 Å². The molecule has 0 heterocycles. The van der Waals surface area contributed by atoms with Gasteiger partial charge in [0.05, 0.1) is 10.8 Å². The van der Waals surface area contributed by atoms with Gasteiger partial charge in [0.15, 0.2) is 0 Å². The maximum absolute atomic E-state index is 11.3. The monoisotopic (exact) mass is 416 g/mol. The van der Waals surface area contributed by atoms with Crippen LogP contribution >= 0.6 is 0 Å². The molecule has 0 aliphatic heterocycles. The molecule has 0 amide bonds. The van der Waals surface area contributed by atoms with Crippen LogP contribution in [0.15, 0.2) is 6.07 Å². The van der Waals surface area contributed by atoms with Crippen molar-refractivity contribution in [3.8, 4) is 0 Å². The van der Waals surface area contributed by atoms with E-state index in [0.717, 1.165) is 64.2 Å². The van der Waals surface area contributed by atoms with Crippen LogP contribution in [0.25, 0.3) is 0 Å². The van der Waals surface area contributed by atoms with Crippen LogP contribution in [0.5, 0.6) is 0 Å². The summed E-state index contributed by atoms with van der Waals surface area (Å²) < 4.78 is 0. The molecular weight excluding hydrogens is 376 g/mol. The van der Waals surface area contributed by atoms with Gasteiger partial charge in [-0.1, -0.05) is 25.3 Å². The first-order valence-corrected chi connectivity index (χ1v) is 11.6. The summed E-state index contributed by atoms with van der Waals surface area (Å²) in [5, 5.41) is 18.6. The Balaban J connectivity index is 1.91. The molecule has 1 aromatic carbocycles. The summed E-state index contributed by atoms with van der Waals surface area (Å²) >= 11 is 0. The first-order valence-electron chi connectivity index (χ1n) is 11.6. The number of hydrogen-bond acceptors (Lipinski definition) is 2. The summed E-state index contributed by atoms with van der Waals surface area (Å²) in [6.07, 6.45) is 10.4. The van der Waals surface area contributed by atoms with Gasteiger partial charge in [0.1, 0.15) is 0 Å². The van der Waals surface area contributed by atoms with Gasteiger partial charge >= 0.3 is 11.9 Å². The van der Waals surface area contributed by atoms with Crippen molar-refractivity contribution in [1.82, 2.24) is 0 Å². The Bertz CT molecular complexity index is 772. The Labute approximate surface area is 182 Å². The van der Waals surface area contributed by atoms with Crippen molar-refractivity contribution in [1.29, 1.82) is 0 Å². The van der Waals surface area contributed by atoms with E-state index in [0.29, 0.717) is 6.42 Å². The van der Waals surface area contributed by atoms with Gasteiger partial charge in [-0.25, -0.2) is 0 Å². The molecule has 0 saturated heterocycles. The topological polar surface area (TPSA) is 74.6 Å². The fourth-order valence-electron chi connectivity index (χ4n) is 4.44. The molecule has 0 bridgehead atoms. The summed E-state index contributed by atoms with van der Waals surface area (Å²) in [6, 6.07) is 2.32. The molecule has 1 aliphatic rings. The molecule has 2 rings (SSSR count). The fourth-order valence-corrected chi connectivity index (χ4v) is 4.44. The van der Waals surface area contributed by atoms with Crippen LogP contribution in [0.3, 0.4) is 0 Å². The SMILES string of the molecule is Cc1cc(CCCCC(C)(C)C(=O)O)c(CCCCCC2(C(=O)O)CC2)c(C)c1C. The number of carboxylic acid groups (broad SMARTS) is 2. The van der Waals surface area contributed by atoms with Gasteiger partial charge < -0.3 is 10.2 Å². The predicted octanol–water partition coefficient (Wildman–Crippen LogP) is 6.40. The normalized spacial score (nSPS) is 15.2. The Hall–Kier alpha value is -1.84. The number of aliphatic carboxylic acids is 2. The number of carbonyl (C=O) groups is 2. The minimum Gasteiger partial charge on any atom is -0.481 e. The van der Waals surface area contributed by atoms with Crippen LogP contribution in [0.2, 0.25) is 0 Å². The molecule has 0 unspecified atom stereocenters. The Morgan fingerprint density at radius 3 is 2.13 bits per heavy atom. The molecular formula is C26H40O4. The lowest BCUT2D eigenvalue weighted by molar-refractivity contribution is -0.147. The lowest BCUT2D eigenvalue weighted by Crippen LogP contribution is -2.23. The Morgan fingerprint density at radius 2 is 1.57 bits per heavy atom. The first-order chi connectivity index (χ1) is 14.0. The third-order valence-corrected chi connectivity index (χ3v) is 7.35. The summed E-state index contributed by atoms with van der Waals surface area (Å²) in [5.74, 6) is -1.33. The Kier molecular flexibility index (Phi) is 8.13. The lowest BCUT2D eigenvalue weighted by atomic mass is 9.85. The molecule has 0 atom stereocenters. The van der Waals surface area contributed by atoms with Crippen LogP contribution in [0.4, 0.5) is 0 Å². The second-order valence-electron chi connectivity index (χ2n) is 10.1. The van der Waals surface area contributed by atoms with E-state index in [2.05, 4.69) is 26.8 Å². The molecule has 0 aromatic heterocycles. The maximum atomic E-state index is 11.3. The maximum Gasteiger partial charge on any atom is 0.309 e. The number of hydrogen-bond donors (Lipinski definition) is 2. The third-order valence-electron chi connectivity index (χ3n) is 7.35. The molecule has 0 spiro atoms. The smallest absolute Gasteiger partial charge is 0.309 e. The van der Waals surface area contributed by atoms with E-state index < -0.39 is 22.8 Å². The van der Waals surface area contributed by atoms with E-state index in [9.17, 15) is 19.8 Å². The molecule has 1 aromatic rings. The zero-order chi connectivity index (χ0) is 22.5. The number of rotatable bonds is 13. The average molecular weight is 417 g/mol. The summed E-state index contributed by atoms with van der Waals surface area (Å²) in [7, 11) is 0. The van der Waals surface area contributed by atoms with Gasteiger partial charge in [-0.2, -0.15) is 0 Å². The first kappa shape index (κ1) is 24.4. The molecule has 30 heavy (non-hydrogen) atoms. The highest BCUT2D eigenvalue weighted by atomic mass is 16.4. The van der Waals surface area contributed by atoms with Crippen LogP contribution in [0.1, 0.15) is 99.5 Å². The second kappa shape index (κ2) is 9.98. The van der Waals surface area contributed by atoms with Crippen molar-refractivity contribution in [3.05, 3.63) is 33.9 Å². The molecule has 0 radical (unpaired) electrons. The lowest BCUT2D eigenvalue weighted by Gasteiger charge is -2.20. The van der Waals surface area contributed by atoms with Crippen LogP contribution in [-0.2, 0) is 22.4 Å². The van der Waals surface area contributed by atoms with E-state index in [1.165, 1.54) is 27.8 Å². The largest absolute Gasteiger partial charge is 0.481 e. The van der Waals surface area contributed by atoms with Crippen molar-refractivity contribution in [2.24, 2.45) is 10.8 Å². The summed E-state index contributed by atoms with van der Waals surface area (Å²) in [4.78, 5) is 22.6. The van der Waals surface area contributed by atoms with Crippen LogP contribution in [0, 0.1) is 31.6 Å². The van der Waals surface area contributed by atoms with Crippen molar-refractivity contribution < 1.29 is 19.8 Å². The molecule has 1 aliphatic carbocycles. The van der Waals surface area contributed by atoms with E-state index in [-0.39, 0.29) is 0 Å². The summed E-state index contributed by atoms with van der Waals surface area (Å²) in [5.41, 5.74) is 5.89. The summed E-state index contributed by atoms with van der Waals surface area (Å²) in [6.45, 7) is 10.2. The standard InChI is InChI=1S/C26H40O4/c1-18-17-21(11-8-10-13-25(4,5)23(27)28)22(20(3)19(18)2)12-7-6-9-14-26(15-16-26)24(29)30/h17H,6-16H2,1-5H3,(H,27,28)(H,29,30). The number of aryl methyl sites for hydroxylation is 2. The van der Waals surface area contributed by atoms with E-state index in [1.54, 1.807) is 13.8 Å². The zero-order valence-corrected chi connectivity index (χ0v) is 19.6. The van der Waals surface area contributed by atoms with E-state index >= 15 is 0 Å². The second-order valence-corrected chi connectivity index (χ2v) is 10.1. The predicted molar refractivity (Wildman–Crippen MR) is 121 cm³/mol. The third kappa shape index (κ3) is 6.09. The minimum absolute atomic E-state index is 0.398. The molecule has 1 saturated carbocycles. The highest BCUT2D eigenvalue weighted by Gasteiger charge is 2.49. The fraction of sp³-hybridized carbons (Fsp3) is 0.692. The van der Waals surface area contributed by atoms with E-state index in [1.807, 2.05) is 0 Å². The van der Waals surface area contributed by atoms with Gasteiger partial charge in [0.25, 0.3) is 0 Å². The molecule has 2 N–H and O–H groups in total. The van der Waals surface area contributed by atoms with Gasteiger partial charge in [0.2, 0.25) is 0 Å². The van der Waals surface area contributed by atoms with Crippen LogP contribution < -0.4 is 0 Å². The molecule has 168 valence electrons. The minimum atomic E-state index is -0.721. The van der Waals surface area contributed by atoms with Gasteiger partial charge in [0, 0.05) is 0 Å². The number of benzene rings is 1. The molecule has 4 heteroatoms.